The number of hydrogen-bond acceptors (Lipinski definition) is 4. The Labute approximate surface area is 114 Å². The highest BCUT2D eigenvalue weighted by Crippen LogP contribution is 2.36. The Morgan fingerprint density at radius 3 is 2.60 bits per heavy atom. The van der Waals surface area contributed by atoms with E-state index in [0.717, 1.165) is 6.07 Å². The molecule has 6 heteroatoms. The molecule has 0 aromatic heterocycles. The first kappa shape index (κ1) is 13.8. The van der Waals surface area contributed by atoms with E-state index >= 15 is 0 Å². The van der Waals surface area contributed by atoms with Crippen LogP contribution in [0.5, 0.6) is 17.2 Å². The molecule has 2 rings (SSSR count). The Hall–Kier alpha value is -2.63. The highest BCUT2D eigenvalue weighted by molar-refractivity contribution is 5.53. The molecule has 104 valence electrons. The molecular formula is C14H12FNO4. The molecule has 0 spiro atoms. The highest BCUT2D eigenvalue weighted by atomic mass is 19.1. The van der Waals surface area contributed by atoms with Crippen molar-refractivity contribution in [2.24, 2.45) is 0 Å². The average molecular weight is 277 g/mol. The van der Waals surface area contributed by atoms with Gasteiger partial charge in [-0.2, -0.15) is 0 Å². The second-order valence-electron chi connectivity index (χ2n) is 4.33. The molecule has 2 aromatic carbocycles. The van der Waals surface area contributed by atoms with Crippen molar-refractivity contribution in [3.8, 4) is 17.2 Å². The van der Waals surface area contributed by atoms with Crippen LogP contribution >= 0.6 is 0 Å². The molecular weight excluding hydrogens is 265 g/mol. The van der Waals surface area contributed by atoms with Crippen molar-refractivity contribution in [2.45, 2.75) is 13.8 Å². The van der Waals surface area contributed by atoms with Gasteiger partial charge in [-0.1, -0.05) is 6.07 Å². The van der Waals surface area contributed by atoms with Crippen LogP contribution in [0.4, 0.5) is 10.1 Å². The summed E-state index contributed by atoms with van der Waals surface area (Å²) in [5.41, 5.74) is 0.225. The van der Waals surface area contributed by atoms with Crippen LogP contribution in [0, 0.1) is 29.8 Å². The van der Waals surface area contributed by atoms with Crippen LogP contribution in [0.2, 0.25) is 0 Å². The Kier molecular flexibility index (Phi) is 3.56. The van der Waals surface area contributed by atoms with E-state index in [1.54, 1.807) is 19.1 Å². The highest BCUT2D eigenvalue weighted by Gasteiger charge is 2.20. The summed E-state index contributed by atoms with van der Waals surface area (Å²) in [6, 6.07) is 6.68. The van der Waals surface area contributed by atoms with Gasteiger partial charge in [-0.15, -0.1) is 0 Å². The van der Waals surface area contributed by atoms with Crippen molar-refractivity contribution in [1.82, 2.24) is 0 Å². The van der Waals surface area contributed by atoms with Crippen LogP contribution in [0.1, 0.15) is 11.1 Å². The number of phenolic OH excluding ortho intramolecular Hbond substituents is 1. The molecule has 0 aliphatic rings. The number of phenols is 1. The number of aryl methyl sites for hydroxylation is 1. The summed E-state index contributed by atoms with van der Waals surface area (Å²) < 4.78 is 18.9. The minimum absolute atomic E-state index is 0.0176. The zero-order valence-corrected chi connectivity index (χ0v) is 10.9. The fourth-order valence-corrected chi connectivity index (χ4v) is 1.70. The number of ether oxygens (including phenoxy) is 1. The van der Waals surface area contributed by atoms with Gasteiger partial charge in [0.15, 0.2) is 0 Å². The van der Waals surface area contributed by atoms with Gasteiger partial charge in [-0.05, 0) is 37.6 Å². The van der Waals surface area contributed by atoms with Crippen molar-refractivity contribution in [3.63, 3.8) is 0 Å². The maximum atomic E-state index is 13.4. The number of rotatable bonds is 3. The smallest absolute Gasteiger partial charge is 0.314 e. The summed E-state index contributed by atoms with van der Waals surface area (Å²) in [5.74, 6) is -0.442. The average Bonchev–Trinajstić information content (AvgIpc) is 2.38. The standard InChI is InChI=1S/C14H12FNO4/c1-8-6-14(11(16(18)19)7-10(8)15)20-13-5-3-4-12(17)9(13)2/h3-7,17H,1-2H3. The molecule has 0 aliphatic carbocycles. The van der Waals surface area contributed by atoms with Crippen LogP contribution in [0.3, 0.4) is 0 Å². The van der Waals surface area contributed by atoms with Gasteiger partial charge in [0.25, 0.3) is 0 Å². The molecule has 0 heterocycles. The summed E-state index contributed by atoms with van der Waals surface area (Å²) in [5, 5.41) is 20.5. The van der Waals surface area contributed by atoms with E-state index < -0.39 is 16.4 Å². The van der Waals surface area contributed by atoms with Crippen molar-refractivity contribution in [2.75, 3.05) is 0 Å². The van der Waals surface area contributed by atoms with Gasteiger partial charge in [0.1, 0.15) is 17.3 Å². The van der Waals surface area contributed by atoms with Crippen LogP contribution in [-0.2, 0) is 0 Å². The van der Waals surface area contributed by atoms with Crippen molar-refractivity contribution in [1.29, 1.82) is 0 Å². The van der Waals surface area contributed by atoms with Crippen LogP contribution in [0.25, 0.3) is 0 Å². The van der Waals surface area contributed by atoms with E-state index in [9.17, 15) is 19.6 Å². The van der Waals surface area contributed by atoms with Crippen molar-refractivity contribution in [3.05, 3.63) is 57.4 Å². The lowest BCUT2D eigenvalue weighted by Crippen LogP contribution is -1.97. The molecule has 0 atom stereocenters. The third kappa shape index (κ3) is 2.54. The predicted molar refractivity (Wildman–Crippen MR) is 70.7 cm³/mol. The molecule has 0 bridgehead atoms. The lowest BCUT2D eigenvalue weighted by molar-refractivity contribution is -0.385. The Balaban J connectivity index is 2.50. The van der Waals surface area contributed by atoms with Crippen LogP contribution in [0.15, 0.2) is 30.3 Å². The predicted octanol–water partition coefficient (Wildman–Crippen LogP) is 3.85. The molecule has 0 aliphatic heterocycles. The first-order valence-corrected chi connectivity index (χ1v) is 5.81. The molecule has 0 amide bonds. The number of nitrogens with zero attached hydrogens (tertiary/aromatic N) is 1. The number of nitro benzene ring substituents is 1. The molecule has 5 nitrogen and oxygen atoms in total. The fourth-order valence-electron chi connectivity index (χ4n) is 1.70. The van der Waals surface area contributed by atoms with Gasteiger partial charge < -0.3 is 9.84 Å². The minimum atomic E-state index is -0.712. The van der Waals surface area contributed by atoms with Crippen LogP contribution < -0.4 is 4.74 Å². The topological polar surface area (TPSA) is 72.6 Å². The molecule has 0 saturated heterocycles. The quantitative estimate of drug-likeness (QED) is 0.683. The van der Waals surface area contributed by atoms with Gasteiger partial charge in [0.05, 0.1) is 11.0 Å². The molecule has 0 unspecified atom stereocenters. The zero-order valence-electron chi connectivity index (χ0n) is 10.9. The van der Waals surface area contributed by atoms with Gasteiger partial charge in [-0.25, -0.2) is 4.39 Å². The van der Waals surface area contributed by atoms with E-state index in [4.69, 9.17) is 4.74 Å². The third-order valence-corrected chi connectivity index (χ3v) is 2.91. The summed E-state index contributed by atoms with van der Waals surface area (Å²) >= 11 is 0. The van der Waals surface area contributed by atoms with Crippen molar-refractivity contribution < 1.29 is 19.2 Å². The van der Waals surface area contributed by atoms with E-state index in [1.807, 2.05) is 0 Å². The Morgan fingerprint density at radius 2 is 1.95 bits per heavy atom. The zero-order chi connectivity index (χ0) is 14.9. The van der Waals surface area contributed by atoms with Crippen LogP contribution in [-0.4, -0.2) is 10.0 Å². The maximum Gasteiger partial charge on any atom is 0.314 e. The second-order valence-corrected chi connectivity index (χ2v) is 4.33. The first-order valence-electron chi connectivity index (χ1n) is 5.81. The second kappa shape index (κ2) is 5.16. The molecule has 1 N–H and O–H groups in total. The minimum Gasteiger partial charge on any atom is -0.508 e. The summed E-state index contributed by atoms with van der Waals surface area (Å²) in [6.45, 7) is 3.11. The fraction of sp³-hybridized carbons (Fsp3) is 0.143. The monoisotopic (exact) mass is 277 g/mol. The molecule has 2 aromatic rings. The Bertz CT molecular complexity index is 685. The van der Waals surface area contributed by atoms with Gasteiger partial charge in [-0.3, -0.25) is 10.1 Å². The molecule has 0 saturated carbocycles. The SMILES string of the molecule is Cc1cc(Oc2cccc(O)c2C)c([N+](=O)[O-])cc1F. The lowest BCUT2D eigenvalue weighted by atomic mass is 10.2. The van der Waals surface area contributed by atoms with Gasteiger partial charge in [0.2, 0.25) is 5.75 Å². The largest absolute Gasteiger partial charge is 0.508 e. The number of nitro groups is 1. The van der Waals surface area contributed by atoms with Gasteiger partial charge >= 0.3 is 5.69 Å². The normalized spacial score (nSPS) is 10.3. The maximum absolute atomic E-state index is 13.4. The summed E-state index contributed by atoms with van der Waals surface area (Å²) in [4.78, 5) is 10.2. The van der Waals surface area contributed by atoms with Crippen molar-refractivity contribution >= 4 is 5.69 Å². The third-order valence-electron chi connectivity index (χ3n) is 2.91. The summed E-state index contributed by atoms with van der Waals surface area (Å²) in [6.07, 6.45) is 0. The van der Waals surface area contributed by atoms with E-state index in [1.165, 1.54) is 19.1 Å². The number of aromatic hydroxyl groups is 1. The number of hydrogen-bond donors (Lipinski definition) is 1. The van der Waals surface area contributed by atoms with Gasteiger partial charge in [0, 0.05) is 5.56 Å². The summed E-state index contributed by atoms with van der Waals surface area (Å²) in [7, 11) is 0. The van der Waals surface area contributed by atoms with E-state index in [2.05, 4.69) is 0 Å². The molecule has 20 heavy (non-hydrogen) atoms. The molecule has 0 fully saturated rings. The van der Waals surface area contributed by atoms with E-state index in [0.29, 0.717) is 5.56 Å². The Morgan fingerprint density at radius 1 is 1.25 bits per heavy atom. The number of benzene rings is 2. The molecule has 0 radical (unpaired) electrons. The van der Waals surface area contributed by atoms with E-state index in [-0.39, 0.29) is 22.8 Å². The first-order chi connectivity index (χ1) is 9.40. The lowest BCUT2D eigenvalue weighted by Gasteiger charge is -2.10. The number of halogens is 1.